The molecule has 7 heteroatoms. The molecule has 0 amide bonds. The molecule has 0 aromatic carbocycles. The molecule has 1 aliphatic heterocycles. The molecule has 6 nitrogen and oxygen atoms in total. The van der Waals surface area contributed by atoms with Crippen molar-refractivity contribution in [3.05, 3.63) is 0 Å². The van der Waals surface area contributed by atoms with Crippen molar-refractivity contribution in [1.82, 2.24) is 5.32 Å². The van der Waals surface area contributed by atoms with E-state index in [2.05, 4.69) is 5.32 Å². The van der Waals surface area contributed by atoms with Crippen LogP contribution >= 0.6 is 0 Å². The average molecular weight is 251 g/mol. The maximum absolute atomic E-state index is 10.8. The Bertz CT molecular complexity index is 340. The summed E-state index contributed by atoms with van der Waals surface area (Å²) in [6.07, 6.45) is 1.57. The molecule has 0 radical (unpaired) electrons. The lowest BCUT2D eigenvalue weighted by Gasteiger charge is -2.11. The second-order valence-corrected chi connectivity index (χ2v) is 6.26. The number of hydrogen-bond acceptors (Lipinski definition) is 5. The first-order valence-corrected chi connectivity index (χ1v) is 7.21. The van der Waals surface area contributed by atoms with Gasteiger partial charge in [0.05, 0.1) is 11.9 Å². The van der Waals surface area contributed by atoms with Crippen molar-refractivity contribution in [1.29, 1.82) is 0 Å². The third kappa shape index (κ3) is 4.91. The van der Waals surface area contributed by atoms with Gasteiger partial charge in [0.2, 0.25) is 0 Å². The number of carboxylic acid groups (broad SMARTS) is 1. The van der Waals surface area contributed by atoms with E-state index in [4.69, 9.17) is 9.84 Å². The molecule has 2 atom stereocenters. The largest absolute Gasteiger partial charge is 0.479 e. The van der Waals surface area contributed by atoms with Gasteiger partial charge >= 0.3 is 5.97 Å². The minimum absolute atomic E-state index is 0.0854. The Hall–Kier alpha value is -0.660. The molecule has 0 aromatic rings. The van der Waals surface area contributed by atoms with Gasteiger partial charge in [0.1, 0.15) is 9.84 Å². The molecular weight excluding hydrogens is 234 g/mol. The van der Waals surface area contributed by atoms with Crippen LogP contribution in [0.2, 0.25) is 0 Å². The van der Waals surface area contributed by atoms with E-state index in [1.807, 2.05) is 0 Å². The summed E-state index contributed by atoms with van der Waals surface area (Å²) < 4.78 is 26.9. The van der Waals surface area contributed by atoms with E-state index >= 15 is 0 Å². The summed E-state index contributed by atoms with van der Waals surface area (Å²) in [5.74, 6) is -0.846. The van der Waals surface area contributed by atoms with E-state index in [1.54, 1.807) is 0 Å². The molecule has 94 valence electrons. The highest BCUT2D eigenvalue weighted by Gasteiger charge is 2.29. The maximum Gasteiger partial charge on any atom is 0.332 e. The van der Waals surface area contributed by atoms with Crippen LogP contribution in [0.5, 0.6) is 0 Å². The molecule has 2 N–H and O–H groups in total. The first-order valence-electron chi connectivity index (χ1n) is 5.15. The van der Waals surface area contributed by atoms with E-state index in [1.165, 1.54) is 6.26 Å². The predicted octanol–water partition coefficient (Wildman–Crippen LogP) is -0.747. The van der Waals surface area contributed by atoms with E-state index in [0.717, 1.165) is 0 Å². The monoisotopic (exact) mass is 251 g/mol. The predicted molar refractivity (Wildman–Crippen MR) is 58.1 cm³/mol. The number of ether oxygens (including phenoxy) is 1. The fraction of sp³-hybridized carbons (Fsp3) is 0.889. The Balaban J connectivity index is 2.14. The second-order valence-electron chi connectivity index (χ2n) is 4.00. The number of hydrogen-bond donors (Lipinski definition) is 2. The van der Waals surface area contributed by atoms with Crippen molar-refractivity contribution in [3.8, 4) is 0 Å². The minimum Gasteiger partial charge on any atom is -0.479 e. The number of rotatable bonds is 6. The van der Waals surface area contributed by atoms with Gasteiger partial charge in [-0.15, -0.1) is 0 Å². The number of carbonyl (C=O) groups is 1. The lowest BCUT2D eigenvalue weighted by atomic mass is 10.2. The molecule has 1 rings (SSSR count). The zero-order valence-corrected chi connectivity index (χ0v) is 10.00. The number of carboxylic acids is 1. The van der Waals surface area contributed by atoms with Crippen LogP contribution in [0.4, 0.5) is 0 Å². The van der Waals surface area contributed by atoms with Gasteiger partial charge in [0.25, 0.3) is 0 Å². The lowest BCUT2D eigenvalue weighted by molar-refractivity contribution is -0.149. The maximum atomic E-state index is 10.8. The van der Waals surface area contributed by atoms with Gasteiger partial charge in [-0.05, 0) is 12.8 Å². The number of sulfone groups is 1. The summed E-state index contributed by atoms with van der Waals surface area (Å²) in [4.78, 5) is 10.6. The Morgan fingerprint density at radius 2 is 2.19 bits per heavy atom. The van der Waals surface area contributed by atoms with Crippen LogP contribution < -0.4 is 5.32 Å². The fourth-order valence-electron chi connectivity index (χ4n) is 1.56. The van der Waals surface area contributed by atoms with Crippen LogP contribution in [-0.4, -0.2) is 56.8 Å². The van der Waals surface area contributed by atoms with Gasteiger partial charge in [0, 0.05) is 19.3 Å². The third-order valence-electron chi connectivity index (χ3n) is 2.40. The van der Waals surface area contributed by atoms with Gasteiger partial charge in [-0.25, -0.2) is 13.2 Å². The summed E-state index contributed by atoms with van der Waals surface area (Å²) in [7, 11) is -2.94. The highest BCUT2D eigenvalue weighted by atomic mass is 32.2. The molecule has 0 spiro atoms. The van der Waals surface area contributed by atoms with Crippen molar-refractivity contribution < 1.29 is 23.1 Å². The van der Waals surface area contributed by atoms with Gasteiger partial charge in [0.15, 0.2) is 6.10 Å². The van der Waals surface area contributed by atoms with Gasteiger partial charge in [-0.3, -0.25) is 0 Å². The average Bonchev–Trinajstić information content (AvgIpc) is 2.59. The summed E-state index contributed by atoms with van der Waals surface area (Å²) >= 11 is 0. The quantitative estimate of drug-likeness (QED) is 0.604. The normalized spacial score (nSPS) is 25.8. The van der Waals surface area contributed by atoms with E-state index in [0.29, 0.717) is 25.9 Å². The van der Waals surface area contributed by atoms with E-state index in [-0.39, 0.29) is 11.9 Å². The first-order chi connectivity index (χ1) is 7.38. The van der Waals surface area contributed by atoms with Crippen LogP contribution in [0.1, 0.15) is 12.8 Å². The molecule has 2 unspecified atom stereocenters. The SMILES string of the molecule is CS(=O)(=O)CCNCC1CCC(C(=O)O)O1. The summed E-state index contributed by atoms with van der Waals surface area (Å²) in [6.45, 7) is 0.871. The van der Waals surface area contributed by atoms with Crippen molar-refractivity contribution in [2.45, 2.75) is 25.0 Å². The van der Waals surface area contributed by atoms with Gasteiger partial charge in [-0.2, -0.15) is 0 Å². The van der Waals surface area contributed by atoms with Crippen LogP contribution in [0.15, 0.2) is 0 Å². The fourth-order valence-corrected chi connectivity index (χ4v) is 2.07. The van der Waals surface area contributed by atoms with E-state index in [9.17, 15) is 13.2 Å². The van der Waals surface area contributed by atoms with Gasteiger partial charge in [-0.1, -0.05) is 0 Å². The molecule has 0 bridgehead atoms. The van der Waals surface area contributed by atoms with Crippen molar-refractivity contribution in [3.63, 3.8) is 0 Å². The molecule has 1 fully saturated rings. The topological polar surface area (TPSA) is 92.7 Å². The van der Waals surface area contributed by atoms with Gasteiger partial charge < -0.3 is 15.2 Å². The van der Waals surface area contributed by atoms with Crippen molar-refractivity contribution in [2.75, 3.05) is 25.1 Å². The standard InChI is InChI=1S/C9H17NO5S/c1-16(13,14)5-4-10-6-7-2-3-8(15-7)9(11)12/h7-8,10H,2-6H2,1H3,(H,11,12). The van der Waals surface area contributed by atoms with Crippen molar-refractivity contribution >= 4 is 15.8 Å². The zero-order chi connectivity index (χ0) is 12.2. The van der Waals surface area contributed by atoms with Crippen LogP contribution in [0, 0.1) is 0 Å². The number of nitrogens with one attached hydrogen (secondary N) is 1. The Morgan fingerprint density at radius 3 is 2.69 bits per heavy atom. The minimum atomic E-state index is -2.94. The van der Waals surface area contributed by atoms with Crippen LogP contribution in [-0.2, 0) is 19.4 Å². The molecule has 1 aliphatic rings. The molecule has 1 saturated heterocycles. The summed E-state index contributed by atoms with van der Waals surface area (Å²) in [5, 5.41) is 11.6. The molecule has 1 heterocycles. The van der Waals surface area contributed by atoms with Crippen LogP contribution in [0.25, 0.3) is 0 Å². The van der Waals surface area contributed by atoms with E-state index < -0.39 is 21.9 Å². The molecular formula is C9H17NO5S. The Kier molecular flexibility index (Phi) is 4.69. The number of aliphatic carboxylic acids is 1. The molecule has 0 saturated carbocycles. The lowest BCUT2D eigenvalue weighted by Crippen LogP contribution is -2.31. The highest BCUT2D eigenvalue weighted by Crippen LogP contribution is 2.18. The highest BCUT2D eigenvalue weighted by molar-refractivity contribution is 7.90. The second kappa shape index (κ2) is 5.60. The Labute approximate surface area is 94.9 Å². The smallest absolute Gasteiger partial charge is 0.332 e. The van der Waals surface area contributed by atoms with Crippen LogP contribution in [0.3, 0.4) is 0 Å². The first kappa shape index (κ1) is 13.4. The zero-order valence-electron chi connectivity index (χ0n) is 9.18. The third-order valence-corrected chi connectivity index (χ3v) is 3.35. The molecule has 0 aromatic heterocycles. The summed E-state index contributed by atoms with van der Waals surface area (Å²) in [5.41, 5.74) is 0. The van der Waals surface area contributed by atoms with Crippen molar-refractivity contribution in [2.24, 2.45) is 0 Å². The Morgan fingerprint density at radius 1 is 1.50 bits per heavy atom. The summed E-state index contributed by atoms with van der Waals surface area (Å²) in [6, 6.07) is 0. The molecule has 0 aliphatic carbocycles. The molecule has 16 heavy (non-hydrogen) atoms.